The number of nitrogens with one attached hydrogen (secondary N) is 4. The van der Waals surface area contributed by atoms with E-state index in [1.165, 1.54) is 24.1 Å². The molecule has 0 radical (unpaired) electrons. The van der Waals surface area contributed by atoms with Crippen molar-refractivity contribution in [2.45, 2.75) is 89.0 Å². The zero-order valence-corrected chi connectivity index (χ0v) is 33.0. The number of carbonyl (C=O) groups is 6. The number of aromatic hydroxyl groups is 1. The van der Waals surface area contributed by atoms with E-state index in [-0.39, 0.29) is 44.5 Å². The van der Waals surface area contributed by atoms with Crippen LogP contribution >= 0.6 is 11.6 Å². The molecule has 2 aliphatic rings. The number of likely N-dealkylation sites (tertiary alicyclic amines) is 1. The number of ether oxygens (including phenoxy) is 1. The maximum Gasteiger partial charge on any atom is 0.305 e. The van der Waals surface area contributed by atoms with E-state index < -0.39 is 65.6 Å². The number of piperidine rings is 1. The van der Waals surface area contributed by atoms with Crippen molar-refractivity contribution in [2.24, 2.45) is 0 Å². The van der Waals surface area contributed by atoms with Crippen molar-refractivity contribution >= 4 is 52.7 Å². The van der Waals surface area contributed by atoms with E-state index in [1.807, 2.05) is 61.5 Å². The molecule has 1 saturated heterocycles. The Bertz CT molecular complexity index is 1950. The number of phenolic OH excluding ortho intramolecular Hbond substituents is 1. The Morgan fingerprint density at radius 1 is 0.842 bits per heavy atom. The molecule has 0 spiro atoms. The minimum atomic E-state index is -1.15. The van der Waals surface area contributed by atoms with Gasteiger partial charge in [-0.1, -0.05) is 72.3 Å². The summed E-state index contributed by atoms with van der Waals surface area (Å²) < 4.78 is 4.73. The molecule has 13 nitrogen and oxygen atoms in total. The normalized spacial score (nSPS) is 16.2. The summed E-state index contributed by atoms with van der Waals surface area (Å²) in [5.74, 6) is -3.67. The maximum absolute atomic E-state index is 14.4. The number of hydrogen-bond donors (Lipinski definition) is 5. The monoisotopic (exact) mass is 799 g/mol. The fourth-order valence-electron chi connectivity index (χ4n) is 7.14. The number of hydrogen-bond acceptors (Lipinski definition) is 8. The number of phenols is 1. The topological polar surface area (TPSA) is 183 Å². The third-order valence-corrected chi connectivity index (χ3v) is 10.5. The minimum Gasteiger partial charge on any atom is -0.508 e. The lowest BCUT2D eigenvalue weighted by Crippen LogP contribution is -2.60. The van der Waals surface area contributed by atoms with Crippen LogP contribution in [0.5, 0.6) is 5.75 Å². The van der Waals surface area contributed by atoms with E-state index >= 15 is 0 Å². The van der Waals surface area contributed by atoms with Crippen molar-refractivity contribution in [1.29, 1.82) is 0 Å². The molecule has 5 N–H and O–H groups in total. The van der Waals surface area contributed by atoms with Gasteiger partial charge in [0.2, 0.25) is 29.5 Å². The summed E-state index contributed by atoms with van der Waals surface area (Å²) >= 11 is 5.73. The Balaban J connectivity index is 1.39. The number of esters is 1. The number of alkyl halides is 1. The number of rotatable bonds is 17. The van der Waals surface area contributed by atoms with E-state index in [1.54, 1.807) is 12.1 Å². The Morgan fingerprint density at radius 3 is 2.26 bits per heavy atom. The van der Waals surface area contributed by atoms with Crippen LogP contribution in [0.2, 0.25) is 0 Å². The van der Waals surface area contributed by atoms with Gasteiger partial charge in [0, 0.05) is 32.4 Å². The van der Waals surface area contributed by atoms with Gasteiger partial charge in [0.1, 0.15) is 35.8 Å². The van der Waals surface area contributed by atoms with Crippen LogP contribution in [0, 0.1) is 6.92 Å². The number of benzene rings is 3. The number of amides is 5. The summed E-state index contributed by atoms with van der Waals surface area (Å²) in [5.41, 5.74) is 5.54. The van der Waals surface area contributed by atoms with Crippen molar-refractivity contribution in [3.05, 3.63) is 107 Å². The van der Waals surface area contributed by atoms with Crippen LogP contribution in [0.1, 0.15) is 66.3 Å². The van der Waals surface area contributed by atoms with Gasteiger partial charge in [0.15, 0.2) is 0 Å². The number of fused-ring (bicyclic) bond motifs is 1. The molecule has 5 amide bonds. The molecule has 0 aromatic heterocycles. The molecule has 0 unspecified atom stereocenters. The second kappa shape index (κ2) is 20.5. The number of aryl methyl sites for hydroxylation is 1. The van der Waals surface area contributed by atoms with Gasteiger partial charge >= 0.3 is 5.97 Å². The molecule has 0 bridgehead atoms. The minimum absolute atomic E-state index is 0.0579. The second-order valence-corrected chi connectivity index (χ2v) is 14.7. The number of halogens is 1. The summed E-state index contributed by atoms with van der Waals surface area (Å²) in [4.78, 5) is 82.2. The van der Waals surface area contributed by atoms with Crippen molar-refractivity contribution in [3.63, 3.8) is 0 Å². The lowest BCUT2D eigenvalue weighted by atomic mass is 9.96. The largest absolute Gasteiger partial charge is 0.508 e. The average Bonchev–Trinajstić information content (AvgIpc) is 3.64. The molecule has 14 heteroatoms. The van der Waals surface area contributed by atoms with E-state index in [4.69, 9.17) is 16.3 Å². The van der Waals surface area contributed by atoms with Crippen molar-refractivity contribution in [3.8, 4) is 5.75 Å². The quantitative estimate of drug-likeness (QED) is 0.101. The van der Waals surface area contributed by atoms with Crippen molar-refractivity contribution < 1.29 is 38.6 Å². The number of methoxy groups -OCH3 is 1. The first-order valence-electron chi connectivity index (χ1n) is 19.2. The van der Waals surface area contributed by atoms with Crippen LogP contribution in [-0.2, 0) is 52.9 Å². The highest BCUT2D eigenvalue weighted by atomic mass is 35.5. The SMILES string of the molecule is COC(=O)CC[C@H](NC(=O)CCl)C(=O)N1CCCC[C@H]1C(=O)N[C@@H](CC1=CCc2ccccc21)C(=O)N[C@@H](Cc1ccc(O)cc1)C(=O)NCc1ccc(C)cc1. The summed E-state index contributed by atoms with van der Waals surface area (Å²) in [6.45, 7) is 2.41. The lowest BCUT2D eigenvalue weighted by Gasteiger charge is -2.37. The van der Waals surface area contributed by atoms with E-state index in [0.29, 0.717) is 31.2 Å². The molecule has 1 aliphatic carbocycles. The van der Waals surface area contributed by atoms with Gasteiger partial charge in [-0.25, -0.2) is 0 Å². The molecule has 0 saturated carbocycles. The molecule has 302 valence electrons. The highest BCUT2D eigenvalue weighted by molar-refractivity contribution is 6.27. The van der Waals surface area contributed by atoms with Gasteiger partial charge in [-0.15, -0.1) is 11.6 Å². The van der Waals surface area contributed by atoms with Crippen LogP contribution in [0.25, 0.3) is 5.57 Å². The molecule has 5 rings (SSSR count). The summed E-state index contributed by atoms with van der Waals surface area (Å²) in [5, 5.41) is 21.2. The van der Waals surface area contributed by atoms with E-state index in [0.717, 1.165) is 27.8 Å². The fraction of sp³-hybridized carbons (Fsp3) is 0.395. The first-order valence-corrected chi connectivity index (χ1v) is 19.7. The highest BCUT2D eigenvalue weighted by Gasteiger charge is 2.38. The number of nitrogens with zero attached hydrogens (tertiary/aromatic N) is 1. The molecule has 3 aromatic carbocycles. The zero-order chi connectivity index (χ0) is 40.9. The van der Waals surface area contributed by atoms with Gasteiger partial charge in [-0.2, -0.15) is 0 Å². The van der Waals surface area contributed by atoms with E-state index in [9.17, 15) is 33.9 Å². The molecule has 1 fully saturated rings. The first kappa shape index (κ1) is 42.5. The van der Waals surface area contributed by atoms with Gasteiger partial charge in [-0.05, 0) is 79.0 Å². The van der Waals surface area contributed by atoms with Crippen LogP contribution < -0.4 is 21.3 Å². The molecular weight excluding hydrogens is 750 g/mol. The average molecular weight is 800 g/mol. The standard InChI is InChI=1S/C43H50ClN5O8/c1-27-10-12-29(13-11-27)26-45-40(53)35(23-28-14-18-32(50)19-15-28)47-41(54)36(24-31-17-16-30-7-3-4-8-33(30)31)48-42(55)37-9-5-6-22-49(37)43(56)34(46-38(51)25-44)20-21-39(52)57-2/h3-4,7-8,10-15,17-19,34-37,50H,5-6,9,16,20-26H2,1-2H3,(H,45,53)(H,46,51)(H,47,54)(H,48,55)/t34-,35-,36-,37-/m0/s1. The second-order valence-electron chi connectivity index (χ2n) is 14.4. The predicted molar refractivity (Wildman–Crippen MR) is 215 cm³/mol. The maximum atomic E-state index is 14.4. The number of allylic oxidation sites excluding steroid dienone is 1. The van der Waals surface area contributed by atoms with Gasteiger partial charge < -0.3 is 36.0 Å². The molecular formula is C43H50ClN5O8. The molecule has 3 aromatic rings. The Labute approximate surface area is 337 Å². The van der Waals surface area contributed by atoms with Crippen LogP contribution in [-0.4, -0.2) is 89.2 Å². The Kier molecular flexibility index (Phi) is 15.2. The van der Waals surface area contributed by atoms with Crippen LogP contribution in [0.4, 0.5) is 0 Å². The Morgan fingerprint density at radius 2 is 1.54 bits per heavy atom. The summed E-state index contributed by atoms with van der Waals surface area (Å²) in [6, 6.07) is 17.6. The van der Waals surface area contributed by atoms with Crippen LogP contribution in [0.3, 0.4) is 0 Å². The fourth-order valence-corrected chi connectivity index (χ4v) is 7.21. The molecule has 1 aliphatic heterocycles. The lowest BCUT2D eigenvalue weighted by molar-refractivity contribution is -0.146. The van der Waals surface area contributed by atoms with E-state index in [2.05, 4.69) is 21.3 Å². The van der Waals surface area contributed by atoms with Gasteiger partial charge in [-0.3, -0.25) is 28.8 Å². The molecule has 4 atom stereocenters. The third kappa shape index (κ3) is 11.9. The Hall–Kier alpha value is -5.69. The smallest absolute Gasteiger partial charge is 0.305 e. The highest BCUT2D eigenvalue weighted by Crippen LogP contribution is 2.31. The van der Waals surface area contributed by atoms with Crippen molar-refractivity contribution in [2.75, 3.05) is 19.5 Å². The first-order chi connectivity index (χ1) is 27.4. The zero-order valence-electron chi connectivity index (χ0n) is 32.2. The van der Waals surface area contributed by atoms with Gasteiger partial charge in [0.05, 0.1) is 7.11 Å². The number of carbonyl (C=O) groups excluding carboxylic acids is 6. The molecule has 57 heavy (non-hydrogen) atoms. The third-order valence-electron chi connectivity index (χ3n) is 10.3. The summed E-state index contributed by atoms with van der Waals surface area (Å²) in [6.07, 6.45) is 4.21. The summed E-state index contributed by atoms with van der Waals surface area (Å²) in [7, 11) is 1.22. The van der Waals surface area contributed by atoms with Crippen LogP contribution in [0.15, 0.2) is 78.9 Å². The molecule has 1 heterocycles. The van der Waals surface area contributed by atoms with Crippen molar-refractivity contribution in [1.82, 2.24) is 26.2 Å². The predicted octanol–water partition coefficient (Wildman–Crippen LogP) is 3.62. The van der Waals surface area contributed by atoms with Gasteiger partial charge in [0.25, 0.3) is 0 Å².